The van der Waals surface area contributed by atoms with E-state index in [2.05, 4.69) is 0 Å². The van der Waals surface area contributed by atoms with Crippen molar-refractivity contribution in [2.45, 2.75) is 32.8 Å². The minimum absolute atomic E-state index is 0.0412. The Morgan fingerprint density at radius 1 is 1.37 bits per heavy atom. The molecule has 4 nitrogen and oxygen atoms in total. The van der Waals surface area contributed by atoms with E-state index in [0.29, 0.717) is 30.3 Å². The van der Waals surface area contributed by atoms with Crippen molar-refractivity contribution in [2.75, 3.05) is 18.8 Å². The van der Waals surface area contributed by atoms with Crippen LogP contribution in [0.1, 0.15) is 35.7 Å². The molecule has 1 amide bonds. The van der Waals surface area contributed by atoms with Crippen LogP contribution in [0.3, 0.4) is 0 Å². The molecule has 2 rings (SSSR count). The second-order valence-corrected chi connectivity index (χ2v) is 5.50. The van der Waals surface area contributed by atoms with Gasteiger partial charge in [-0.3, -0.25) is 4.79 Å². The van der Waals surface area contributed by atoms with Gasteiger partial charge in [0.25, 0.3) is 5.91 Å². The highest BCUT2D eigenvalue weighted by molar-refractivity contribution is 5.95. The molecule has 1 aromatic carbocycles. The summed E-state index contributed by atoms with van der Waals surface area (Å²) in [6.45, 7) is 5.18. The predicted molar refractivity (Wildman–Crippen MR) is 75.9 cm³/mol. The van der Waals surface area contributed by atoms with E-state index in [-0.39, 0.29) is 12.0 Å². The van der Waals surface area contributed by atoms with Gasteiger partial charge in [0.2, 0.25) is 0 Å². The van der Waals surface area contributed by atoms with Crippen LogP contribution < -0.4 is 5.73 Å². The van der Waals surface area contributed by atoms with Gasteiger partial charge < -0.3 is 15.7 Å². The van der Waals surface area contributed by atoms with Crippen LogP contribution in [-0.2, 0) is 0 Å². The molecule has 1 saturated heterocycles. The number of likely N-dealkylation sites (tertiary alicyclic amines) is 1. The number of piperidine rings is 1. The standard InChI is InChI=1S/C15H22N2O2/c1-10-7-13(9-14(16)8-10)15(19)17-5-3-12(4-6-17)11(2)18/h7-9,11-12,18H,3-6,16H2,1-2H3. The number of carbonyl (C=O) groups excluding carboxylic acids is 1. The molecule has 0 aromatic heterocycles. The maximum Gasteiger partial charge on any atom is 0.253 e. The van der Waals surface area contributed by atoms with Crippen molar-refractivity contribution in [3.8, 4) is 0 Å². The number of nitrogens with two attached hydrogens (primary N) is 1. The first-order valence-electron chi connectivity index (χ1n) is 6.82. The molecule has 1 aliphatic heterocycles. The van der Waals surface area contributed by atoms with Crippen molar-refractivity contribution < 1.29 is 9.90 Å². The summed E-state index contributed by atoms with van der Waals surface area (Å²) in [4.78, 5) is 14.2. The second-order valence-electron chi connectivity index (χ2n) is 5.50. The first kappa shape index (κ1) is 13.9. The summed E-state index contributed by atoms with van der Waals surface area (Å²) in [5, 5.41) is 9.57. The van der Waals surface area contributed by atoms with Crippen LogP contribution in [0.4, 0.5) is 5.69 Å². The predicted octanol–water partition coefficient (Wildman–Crippen LogP) is 1.81. The lowest BCUT2D eigenvalue weighted by Gasteiger charge is -2.33. The summed E-state index contributed by atoms with van der Waals surface area (Å²) >= 11 is 0. The fourth-order valence-corrected chi connectivity index (χ4v) is 2.70. The number of aliphatic hydroxyl groups is 1. The van der Waals surface area contributed by atoms with Crippen molar-refractivity contribution in [3.63, 3.8) is 0 Å². The van der Waals surface area contributed by atoms with Gasteiger partial charge in [-0.15, -0.1) is 0 Å². The third kappa shape index (κ3) is 3.26. The van der Waals surface area contributed by atoms with Crippen LogP contribution >= 0.6 is 0 Å². The molecular formula is C15H22N2O2. The summed E-state index contributed by atoms with van der Waals surface area (Å²) in [6.07, 6.45) is 1.45. The molecule has 4 heteroatoms. The molecule has 0 saturated carbocycles. The first-order valence-corrected chi connectivity index (χ1v) is 6.82. The van der Waals surface area contributed by atoms with Gasteiger partial charge in [-0.2, -0.15) is 0 Å². The molecule has 1 heterocycles. The molecule has 0 bridgehead atoms. The van der Waals surface area contributed by atoms with Gasteiger partial charge in [-0.05, 0) is 56.4 Å². The molecule has 104 valence electrons. The van der Waals surface area contributed by atoms with Crippen LogP contribution in [0.15, 0.2) is 18.2 Å². The van der Waals surface area contributed by atoms with Gasteiger partial charge >= 0.3 is 0 Å². The zero-order valence-corrected chi connectivity index (χ0v) is 11.6. The van der Waals surface area contributed by atoms with Crippen LogP contribution in [0.25, 0.3) is 0 Å². The van der Waals surface area contributed by atoms with E-state index >= 15 is 0 Å². The van der Waals surface area contributed by atoms with Crippen molar-refractivity contribution in [2.24, 2.45) is 5.92 Å². The smallest absolute Gasteiger partial charge is 0.253 e. The van der Waals surface area contributed by atoms with E-state index in [4.69, 9.17) is 5.73 Å². The fraction of sp³-hybridized carbons (Fsp3) is 0.533. The van der Waals surface area contributed by atoms with E-state index in [0.717, 1.165) is 18.4 Å². The highest BCUT2D eigenvalue weighted by Gasteiger charge is 2.26. The number of benzene rings is 1. The summed E-state index contributed by atoms with van der Waals surface area (Å²) in [7, 11) is 0. The Balaban J connectivity index is 2.05. The minimum Gasteiger partial charge on any atom is -0.399 e. The molecular weight excluding hydrogens is 240 g/mol. The summed E-state index contributed by atoms with van der Waals surface area (Å²) in [5.41, 5.74) is 8.07. The molecule has 1 unspecified atom stereocenters. The SMILES string of the molecule is Cc1cc(N)cc(C(=O)N2CCC(C(C)O)CC2)c1. The van der Waals surface area contributed by atoms with Crippen LogP contribution in [-0.4, -0.2) is 35.1 Å². The van der Waals surface area contributed by atoms with Crippen molar-refractivity contribution in [1.82, 2.24) is 4.90 Å². The number of hydrogen-bond donors (Lipinski definition) is 2. The monoisotopic (exact) mass is 262 g/mol. The number of rotatable bonds is 2. The lowest BCUT2D eigenvalue weighted by atomic mass is 9.92. The van der Waals surface area contributed by atoms with Gasteiger partial charge in [0.05, 0.1) is 6.10 Å². The Morgan fingerprint density at radius 2 is 2.00 bits per heavy atom. The number of carbonyl (C=O) groups is 1. The summed E-state index contributed by atoms with van der Waals surface area (Å²) in [5.74, 6) is 0.353. The minimum atomic E-state index is -0.285. The van der Waals surface area contributed by atoms with Gasteiger partial charge in [0.1, 0.15) is 0 Å². The molecule has 1 aliphatic rings. The summed E-state index contributed by atoms with van der Waals surface area (Å²) in [6, 6.07) is 5.46. The number of aliphatic hydroxyl groups excluding tert-OH is 1. The second kappa shape index (κ2) is 5.61. The number of anilines is 1. The third-order valence-electron chi connectivity index (χ3n) is 3.86. The molecule has 0 spiro atoms. The molecule has 1 atom stereocenters. The Kier molecular flexibility index (Phi) is 4.10. The van der Waals surface area contributed by atoms with E-state index in [1.165, 1.54) is 0 Å². The van der Waals surface area contributed by atoms with E-state index in [1.54, 1.807) is 6.07 Å². The van der Waals surface area contributed by atoms with E-state index in [1.807, 2.05) is 30.9 Å². The van der Waals surface area contributed by atoms with E-state index in [9.17, 15) is 9.90 Å². The maximum absolute atomic E-state index is 12.4. The van der Waals surface area contributed by atoms with Gasteiger partial charge in [-0.25, -0.2) is 0 Å². The lowest BCUT2D eigenvalue weighted by molar-refractivity contribution is 0.0521. The normalized spacial score (nSPS) is 18.4. The van der Waals surface area contributed by atoms with E-state index < -0.39 is 0 Å². The molecule has 0 aliphatic carbocycles. The Morgan fingerprint density at radius 3 is 2.53 bits per heavy atom. The largest absolute Gasteiger partial charge is 0.399 e. The number of hydrogen-bond acceptors (Lipinski definition) is 3. The van der Waals surface area contributed by atoms with Gasteiger partial charge in [-0.1, -0.05) is 0 Å². The fourth-order valence-electron chi connectivity index (χ4n) is 2.70. The number of nitrogen functional groups attached to an aromatic ring is 1. The van der Waals surface area contributed by atoms with Crippen LogP contribution in [0.5, 0.6) is 0 Å². The average molecular weight is 262 g/mol. The Hall–Kier alpha value is -1.55. The zero-order chi connectivity index (χ0) is 14.0. The van der Waals surface area contributed by atoms with Crippen molar-refractivity contribution in [1.29, 1.82) is 0 Å². The van der Waals surface area contributed by atoms with Gasteiger partial charge in [0, 0.05) is 24.3 Å². The number of aryl methyl sites for hydroxylation is 1. The maximum atomic E-state index is 12.4. The highest BCUT2D eigenvalue weighted by Crippen LogP contribution is 2.22. The quantitative estimate of drug-likeness (QED) is 0.799. The van der Waals surface area contributed by atoms with Crippen molar-refractivity contribution >= 4 is 11.6 Å². The van der Waals surface area contributed by atoms with Crippen LogP contribution in [0, 0.1) is 12.8 Å². The number of amides is 1. The molecule has 1 fully saturated rings. The molecule has 3 N–H and O–H groups in total. The molecule has 1 aromatic rings. The average Bonchev–Trinajstić information content (AvgIpc) is 2.37. The highest BCUT2D eigenvalue weighted by atomic mass is 16.3. The third-order valence-corrected chi connectivity index (χ3v) is 3.86. The summed E-state index contributed by atoms with van der Waals surface area (Å²) < 4.78 is 0. The first-order chi connectivity index (χ1) is 8.97. The Labute approximate surface area is 114 Å². The molecule has 19 heavy (non-hydrogen) atoms. The van der Waals surface area contributed by atoms with Crippen molar-refractivity contribution in [3.05, 3.63) is 29.3 Å². The molecule has 0 radical (unpaired) electrons. The zero-order valence-electron chi connectivity index (χ0n) is 11.6. The lowest BCUT2D eigenvalue weighted by Crippen LogP contribution is -2.40. The van der Waals surface area contributed by atoms with Crippen LogP contribution in [0.2, 0.25) is 0 Å². The Bertz CT molecular complexity index is 443. The number of nitrogens with zero attached hydrogens (tertiary/aromatic N) is 1. The topological polar surface area (TPSA) is 66.6 Å². The van der Waals surface area contributed by atoms with Gasteiger partial charge in [0.15, 0.2) is 0 Å².